The van der Waals surface area contributed by atoms with Crippen LogP contribution in [0.15, 0.2) is 109 Å². The third kappa shape index (κ3) is 3.40. The average Bonchev–Trinajstić information content (AvgIpc) is 3.00. The van der Waals surface area contributed by atoms with Gasteiger partial charge in [-0.15, -0.1) is 0 Å². The van der Waals surface area contributed by atoms with Gasteiger partial charge in [-0.05, 0) is 17.7 Å². The highest BCUT2D eigenvalue weighted by atomic mass is 15.2. The first-order valence-electron chi connectivity index (χ1n) is 10.9. The van der Waals surface area contributed by atoms with Crippen molar-refractivity contribution in [2.24, 2.45) is 0 Å². The number of aromatic nitrogens is 4. The van der Waals surface area contributed by atoms with E-state index < -0.39 is 0 Å². The first-order chi connectivity index (χ1) is 16.3. The fourth-order valence-electron chi connectivity index (χ4n) is 4.40. The molecule has 6 rings (SSSR count). The highest BCUT2D eigenvalue weighted by Crippen LogP contribution is 2.31. The zero-order valence-electron chi connectivity index (χ0n) is 17.8. The number of para-hydroxylation sites is 2. The minimum atomic E-state index is 0.191. The van der Waals surface area contributed by atoms with Crippen LogP contribution in [0.4, 0.5) is 5.95 Å². The van der Waals surface area contributed by atoms with E-state index in [2.05, 4.69) is 81.3 Å². The van der Waals surface area contributed by atoms with Crippen molar-refractivity contribution in [1.82, 2.24) is 19.5 Å². The van der Waals surface area contributed by atoms with Gasteiger partial charge in [-0.1, -0.05) is 97.1 Å². The molecule has 5 aromatic rings. The highest BCUT2D eigenvalue weighted by molar-refractivity contribution is 6.08. The van der Waals surface area contributed by atoms with Crippen LogP contribution in [0, 0.1) is 0 Å². The first kappa shape index (κ1) is 19.2. The number of anilines is 1. The molecule has 0 aliphatic heterocycles. The van der Waals surface area contributed by atoms with Gasteiger partial charge in [0, 0.05) is 22.3 Å². The van der Waals surface area contributed by atoms with Gasteiger partial charge >= 0.3 is 0 Å². The lowest BCUT2D eigenvalue weighted by atomic mass is 9.98. The van der Waals surface area contributed by atoms with Crippen LogP contribution >= 0.6 is 0 Å². The lowest BCUT2D eigenvalue weighted by Gasteiger charge is -2.09. The highest BCUT2D eigenvalue weighted by Gasteiger charge is 2.16. The molecule has 33 heavy (non-hydrogen) atoms. The van der Waals surface area contributed by atoms with Gasteiger partial charge in [0.2, 0.25) is 11.9 Å². The van der Waals surface area contributed by atoms with Crippen LogP contribution in [0.25, 0.3) is 33.3 Å². The van der Waals surface area contributed by atoms with E-state index in [0.29, 0.717) is 11.8 Å². The Labute approximate surface area is 191 Å². The van der Waals surface area contributed by atoms with E-state index in [1.54, 1.807) is 0 Å². The Kier molecular flexibility index (Phi) is 4.58. The van der Waals surface area contributed by atoms with Crippen molar-refractivity contribution in [2.45, 2.75) is 5.92 Å². The zero-order chi connectivity index (χ0) is 22.2. The molecular formula is C28H21N5. The van der Waals surface area contributed by atoms with Crippen molar-refractivity contribution < 1.29 is 0 Å². The molecule has 0 saturated heterocycles. The quantitative estimate of drug-likeness (QED) is 0.392. The van der Waals surface area contributed by atoms with Crippen LogP contribution in [-0.4, -0.2) is 19.5 Å². The maximum absolute atomic E-state index is 6.17. The smallest absolute Gasteiger partial charge is 0.240 e. The van der Waals surface area contributed by atoms with E-state index in [0.717, 1.165) is 27.4 Å². The van der Waals surface area contributed by atoms with Crippen molar-refractivity contribution >= 4 is 33.3 Å². The third-order valence-electron chi connectivity index (χ3n) is 5.94. The van der Waals surface area contributed by atoms with Crippen molar-refractivity contribution in [3.05, 3.63) is 121 Å². The molecule has 0 bridgehead atoms. The summed E-state index contributed by atoms with van der Waals surface area (Å²) in [7, 11) is 0. The van der Waals surface area contributed by atoms with Gasteiger partial charge in [-0.25, -0.2) is 0 Å². The van der Waals surface area contributed by atoms with Crippen LogP contribution < -0.4 is 5.73 Å². The fourth-order valence-corrected chi connectivity index (χ4v) is 4.40. The van der Waals surface area contributed by atoms with Gasteiger partial charge in [0.1, 0.15) is 0 Å². The summed E-state index contributed by atoms with van der Waals surface area (Å²) in [5, 5.41) is 2.30. The lowest BCUT2D eigenvalue weighted by Crippen LogP contribution is -2.09. The molecule has 5 heteroatoms. The molecule has 1 atom stereocenters. The normalized spacial score (nSPS) is 15.6. The van der Waals surface area contributed by atoms with Gasteiger partial charge in [-0.3, -0.25) is 4.57 Å². The number of nitrogens with zero attached hydrogens (tertiary/aromatic N) is 4. The number of nitrogen functional groups attached to an aromatic ring is 1. The molecule has 1 unspecified atom stereocenters. The van der Waals surface area contributed by atoms with Gasteiger partial charge in [0.25, 0.3) is 0 Å². The summed E-state index contributed by atoms with van der Waals surface area (Å²) in [5.41, 5.74) is 10.4. The van der Waals surface area contributed by atoms with E-state index in [4.69, 9.17) is 10.7 Å². The van der Waals surface area contributed by atoms with Gasteiger partial charge in [0.15, 0.2) is 5.82 Å². The molecule has 2 aromatic heterocycles. The SMILES string of the molecule is Nc1nc(C2=CC=CC(c3ccccc3)C=C2)nc(-n2c3ccccc3c3ccccc32)n1. The Morgan fingerprint density at radius 3 is 2.09 bits per heavy atom. The number of rotatable bonds is 3. The van der Waals surface area contributed by atoms with Gasteiger partial charge in [-0.2, -0.15) is 15.0 Å². The second-order valence-electron chi connectivity index (χ2n) is 7.99. The second kappa shape index (κ2) is 7.88. The van der Waals surface area contributed by atoms with Crippen molar-refractivity contribution in [1.29, 1.82) is 0 Å². The second-order valence-corrected chi connectivity index (χ2v) is 7.99. The minimum absolute atomic E-state index is 0.191. The Morgan fingerprint density at radius 2 is 1.36 bits per heavy atom. The monoisotopic (exact) mass is 427 g/mol. The van der Waals surface area contributed by atoms with Crippen LogP contribution in [0.3, 0.4) is 0 Å². The number of allylic oxidation sites excluding steroid dienone is 6. The minimum Gasteiger partial charge on any atom is -0.368 e. The molecule has 0 fully saturated rings. The standard InChI is InChI=1S/C28H21N5/c29-27-30-26(21-12-8-11-20(17-18-21)19-9-2-1-3-10-19)31-28(32-27)33-24-15-6-4-13-22(24)23-14-5-7-16-25(23)33/h1-18,20H,(H2,29,30,31,32). The number of fused-ring (bicyclic) bond motifs is 3. The third-order valence-corrected chi connectivity index (χ3v) is 5.94. The summed E-state index contributed by atoms with van der Waals surface area (Å²) in [6, 6.07) is 26.9. The molecule has 3 aromatic carbocycles. The van der Waals surface area contributed by atoms with Crippen LogP contribution in [0.5, 0.6) is 0 Å². The average molecular weight is 428 g/mol. The molecule has 0 radical (unpaired) electrons. The Hall–Kier alpha value is -4.51. The molecule has 1 aliphatic carbocycles. The van der Waals surface area contributed by atoms with E-state index in [1.807, 2.05) is 42.5 Å². The summed E-state index contributed by atoms with van der Waals surface area (Å²) < 4.78 is 2.05. The Balaban J connectivity index is 1.47. The summed E-state index contributed by atoms with van der Waals surface area (Å²) in [5.74, 6) is 1.45. The van der Waals surface area contributed by atoms with Gasteiger partial charge in [0.05, 0.1) is 11.0 Å². The van der Waals surface area contributed by atoms with Gasteiger partial charge < -0.3 is 5.73 Å². The maximum atomic E-state index is 6.17. The van der Waals surface area contributed by atoms with Crippen LogP contribution in [0.1, 0.15) is 17.3 Å². The molecule has 0 spiro atoms. The number of benzene rings is 3. The molecule has 158 valence electrons. The predicted octanol–water partition coefficient (Wildman–Crippen LogP) is 5.84. The number of nitrogens with two attached hydrogens (primary N) is 1. The summed E-state index contributed by atoms with van der Waals surface area (Å²) in [4.78, 5) is 13.8. The Bertz CT molecular complexity index is 1520. The lowest BCUT2D eigenvalue weighted by molar-refractivity contribution is 0.936. The molecule has 2 heterocycles. The Morgan fingerprint density at radius 1 is 0.697 bits per heavy atom. The summed E-state index contributed by atoms with van der Waals surface area (Å²) in [6.45, 7) is 0. The van der Waals surface area contributed by atoms with E-state index in [1.165, 1.54) is 5.56 Å². The van der Waals surface area contributed by atoms with Crippen molar-refractivity contribution in [2.75, 3.05) is 5.73 Å². The maximum Gasteiger partial charge on any atom is 0.240 e. The first-order valence-corrected chi connectivity index (χ1v) is 10.9. The molecule has 1 aliphatic rings. The molecule has 0 saturated carbocycles. The topological polar surface area (TPSA) is 69.6 Å². The summed E-state index contributed by atoms with van der Waals surface area (Å²) >= 11 is 0. The molecular weight excluding hydrogens is 406 g/mol. The van der Waals surface area contributed by atoms with E-state index >= 15 is 0 Å². The van der Waals surface area contributed by atoms with E-state index in [-0.39, 0.29) is 11.9 Å². The largest absolute Gasteiger partial charge is 0.368 e. The van der Waals surface area contributed by atoms with Crippen LogP contribution in [0.2, 0.25) is 0 Å². The molecule has 5 nitrogen and oxygen atoms in total. The van der Waals surface area contributed by atoms with Crippen LogP contribution in [-0.2, 0) is 0 Å². The molecule has 2 N–H and O–H groups in total. The predicted molar refractivity (Wildman–Crippen MR) is 134 cm³/mol. The number of hydrogen-bond acceptors (Lipinski definition) is 4. The number of hydrogen-bond donors (Lipinski definition) is 1. The van der Waals surface area contributed by atoms with E-state index in [9.17, 15) is 0 Å². The van der Waals surface area contributed by atoms with Crippen molar-refractivity contribution in [3.8, 4) is 5.95 Å². The zero-order valence-corrected chi connectivity index (χ0v) is 17.8. The molecule has 0 amide bonds. The summed E-state index contributed by atoms with van der Waals surface area (Å²) in [6.07, 6.45) is 10.4. The fraction of sp³-hybridized carbons (Fsp3) is 0.0357. The van der Waals surface area contributed by atoms with Crippen molar-refractivity contribution in [3.63, 3.8) is 0 Å².